The molecular weight excluding hydrogens is 448 g/mol. The number of ether oxygens (including phenoxy) is 3. The standard InChI is InChI=1S/C20H20O13/c21-5-7-1-9(22)15(26)12(2-7)32-20-18(29)17(28)16(27)13(33-20)6-31-19(30)8-3-10(23)14(25)11(24)4-8/h1-5,13,16-18,20,22-29H,6H2/t13-,16-,17+,18-,20-/m1/s1. The molecular formula is C20H20O13. The van der Waals surface area contributed by atoms with E-state index in [1.807, 2.05) is 0 Å². The summed E-state index contributed by atoms with van der Waals surface area (Å²) < 4.78 is 15.5. The van der Waals surface area contributed by atoms with Gasteiger partial charge in [0.1, 0.15) is 37.3 Å². The first-order valence-electron chi connectivity index (χ1n) is 9.33. The summed E-state index contributed by atoms with van der Waals surface area (Å²) >= 11 is 0. The lowest BCUT2D eigenvalue weighted by Crippen LogP contribution is -2.60. The molecule has 13 heteroatoms. The predicted molar refractivity (Wildman–Crippen MR) is 104 cm³/mol. The molecule has 0 aliphatic carbocycles. The second-order valence-electron chi connectivity index (χ2n) is 7.10. The minimum Gasteiger partial charge on any atom is -0.504 e. The van der Waals surface area contributed by atoms with Gasteiger partial charge in [0.15, 0.2) is 28.7 Å². The Kier molecular flexibility index (Phi) is 6.78. The lowest BCUT2D eigenvalue weighted by Gasteiger charge is -2.39. The van der Waals surface area contributed by atoms with Crippen LogP contribution in [-0.2, 0) is 9.47 Å². The highest BCUT2D eigenvalue weighted by atomic mass is 16.7. The van der Waals surface area contributed by atoms with E-state index in [0.29, 0.717) is 6.29 Å². The molecule has 1 aliphatic heterocycles. The smallest absolute Gasteiger partial charge is 0.338 e. The van der Waals surface area contributed by atoms with Gasteiger partial charge in [0.05, 0.1) is 5.56 Å². The molecule has 0 spiro atoms. The number of aliphatic hydroxyl groups excluding tert-OH is 3. The maximum atomic E-state index is 12.2. The van der Waals surface area contributed by atoms with E-state index in [9.17, 15) is 50.4 Å². The van der Waals surface area contributed by atoms with Gasteiger partial charge in [-0.25, -0.2) is 4.79 Å². The van der Waals surface area contributed by atoms with Crippen LogP contribution in [0.4, 0.5) is 0 Å². The molecule has 0 unspecified atom stereocenters. The Balaban J connectivity index is 1.74. The van der Waals surface area contributed by atoms with Gasteiger partial charge in [-0.05, 0) is 24.3 Å². The molecule has 8 N–H and O–H groups in total. The first kappa shape index (κ1) is 23.9. The SMILES string of the molecule is O=Cc1cc(O)c(O)c(O[C@@H]2O[C@H](COC(=O)c3cc(O)c(O)c(O)c3)[C@@H](O)[C@H](O)[C@H]2O)c1. The molecule has 0 bridgehead atoms. The number of hydrogen-bond donors (Lipinski definition) is 8. The molecule has 2 aromatic carbocycles. The van der Waals surface area contributed by atoms with E-state index >= 15 is 0 Å². The van der Waals surface area contributed by atoms with E-state index in [2.05, 4.69) is 0 Å². The molecule has 2 aromatic rings. The second kappa shape index (κ2) is 9.38. The normalized spacial score (nSPS) is 24.8. The highest BCUT2D eigenvalue weighted by molar-refractivity contribution is 5.91. The molecule has 0 saturated carbocycles. The second-order valence-corrected chi connectivity index (χ2v) is 7.10. The maximum Gasteiger partial charge on any atom is 0.338 e. The fourth-order valence-electron chi connectivity index (χ4n) is 3.01. The Hall–Kier alpha value is -3.78. The number of carbonyl (C=O) groups excluding carboxylic acids is 2. The van der Waals surface area contributed by atoms with Crippen LogP contribution in [0.3, 0.4) is 0 Å². The zero-order valence-electron chi connectivity index (χ0n) is 16.6. The van der Waals surface area contributed by atoms with E-state index < -0.39 is 77.8 Å². The van der Waals surface area contributed by atoms with Gasteiger partial charge < -0.3 is 55.1 Å². The van der Waals surface area contributed by atoms with Gasteiger partial charge in [0, 0.05) is 5.56 Å². The average molecular weight is 468 g/mol. The minimum absolute atomic E-state index is 0.0861. The van der Waals surface area contributed by atoms with Gasteiger partial charge >= 0.3 is 5.97 Å². The highest BCUT2D eigenvalue weighted by Gasteiger charge is 2.45. The number of aromatic hydroxyl groups is 5. The van der Waals surface area contributed by atoms with Crippen molar-refractivity contribution in [3.63, 3.8) is 0 Å². The number of hydrogen-bond acceptors (Lipinski definition) is 13. The van der Waals surface area contributed by atoms with Gasteiger partial charge in [-0.1, -0.05) is 0 Å². The molecule has 1 heterocycles. The molecule has 0 amide bonds. The molecule has 1 aliphatic rings. The maximum absolute atomic E-state index is 12.2. The van der Waals surface area contributed by atoms with Crippen molar-refractivity contribution < 1.29 is 64.7 Å². The molecule has 0 radical (unpaired) electrons. The van der Waals surface area contributed by atoms with Crippen LogP contribution < -0.4 is 4.74 Å². The van der Waals surface area contributed by atoms with Crippen molar-refractivity contribution >= 4 is 12.3 Å². The van der Waals surface area contributed by atoms with E-state index in [1.54, 1.807) is 0 Å². The van der Waals surface area contributed by atoms with Crippen LogP contribution in [0.15, 0.2) is 24.3 Å². The van der Waals surface area contributed by atoms with E-state index in [4.69, 9.17) is 14.2 Å². The molecule has 33 heavy (non-hydrogen) atoms. The van der Waals surface area contributed by atoms with E-state index in [-0.39, 0.29) is 11.1 Å². The molecule has 3 rings (SSSR count). The van der Waals surface area contributed by atoms with Crippen LogP contribution >= 0.6 is 0 Å². The molecule has 1 fully saturated rings. The van der Waals surface area contributed by atoms with Crippen LogP contribution in [0, 0.1) is 0 Å². The summed E-state index contributed by atoms with van der Waals surface area (Å²) in [7, 11) is 0. The third kappa shape index (κ3) is 4.85. The molecule has 0 aromatic heterocycles. The Morgan fingerprint density at radius 2 is 1.48 bits per heavy atom. The highest BCUT2D eigenvalue weighted by Crippen LogP contribution is 2.38. The van der Waals surface area contributed by atoms with Crippen molar-refractivity contribution in [1.82, 2.24) is 0 Å². The molecule has 5 atom stereocenters. The number of carbonyl (C=O) groups is 2. The van der Waals surface area contributed by atoms with E-state index in [1.165, 1.54) is 0 Å². The Labute approximate surface area is 184 Å². The van der Waals surface area contributed by atoms with Crippen molar-refractivity contribution in [3.8, 4) is 34.5 Å². The molecule has 1 saturated heterocycles. The topological polar surface area (TPSA) is 224 Å². The fourth-order valence-corrected chi connectivity index (χ4v) is 3.01. The van der Waals surface area contributed by atoms with Gasteiger partial charge in [0.2, 0.25) is 12.0 Å². The average Bonchev–Trinajstić information content (AvgIpc) is 2.78. The summed E-state index contributed by atoms with van der Waals surface area (Å²) in [6.07, 6.45) is -8.29. The third-order valence-electron chi connectivity index (χ3n) is 4.81. The summed E-state index contributed by atoms with van der Waals surface area (Å²) in [5, 5.41) is 78.3. The largest absolute Gasteiger partial charge is 0.504 e. The third-order valence-corrected chi connectivity index (χ3v) is 4.81. The monoisotopic (exact) mass is 468 g/mol. The van der Waals surface area contributed by atoms with Crippen LogP contribution in [0.25, 0.3) is 0 Å². The number of esters is 1. The number of aldehydes is 1. The first-order chi connectivity index (χ1) is 15.5. The molecule has 13 nitrogen and oxygen atoms in total. The van der Waals surface area contributed by atoms with Crippen molar-refractivity contribution in [3.05, 3.63) is 35.4 Å². The fraction of sp³-hybridized carbons (Fsp3) is 0.300. The number of aliphatic hydroxyl groups is 3. The number of phenols is 5. The first-order valence-corrected chi connectivity index (χ1v) is 9.33. The van der Waals surface area contributed by atoms with Gasteiger partial charge in [-0.15, -0.1) is 0 Å². The zero-order valence-corrected chi connectivity index (χ0v) is 16.6. The van der Waals surface area contributed by atoms with Crippen LogP contribution in [-0.4, -0.2) is 90.4 Å². The molecule has 178 valence electrons. The van der Waals surface area contributed by atoms with Crippen molar-refractivity contribution in [2.75, 3.05) is 6.61 Å². The Morgan fingerprint density at radius 3 is 2.09 bits per heavy atom. The van der Waals surface area contributed by atoms with Crippen molar-refractivity contribution in [2.45, 2.75) is 30.7 Å². The lowest BCUT2D eigenvalue weighted by atomic mass is 9.99. The number of phenolic OH excluding ortho intramolecular Hbond substituents is 5. The summed E-state index contributed by atoms with van der Waals surface area (Å²) in [6.45, 7) is -0.697. The Bertz CT molecular complexity index is 1030. The summed E-state index contributed by atoms with van der Waals surface area (Å²) in [4.78, 5) is 23.1. The van der Waals surface area contributed by atoms with Crippen LogP contribution in [0.1, 0.15) is 20.7 Å². The minimum atomic E-state index is -1.85. The summed E-state index contributed by atoms with van der Waals surface area (Å²) in [5.41, 5.74) is -0.440. The van der Waals surface area contributed by atoms with Crippen molar-refractivity contribution in [2.24, 2.45) is 0 Å². The Morgan fingerprint density at radius 1 is 0.879 bits per heavy atom. The zero-order chi connectivity index (χ0) is 24.4. The summed E-state index contributed by atoms with van der Waals surface area (Å²) in [6, 6.07) is 3.60. The van der Waals surface area contributed by atoms with Crippen LogP contribution in [0.2, 0.25) is 0 Å². The van der Waals surface area contributed by atoms with Gasteiger partial charge in [-0.3, -0.25) is 4.79 Å². The van der Waals surface area contributed by atoms with E-state index in [0.717, 1.165) is 24.3 Å². The van der Waals surface area contributed by atoms with Crippen LogP contribution in [0.5, 0.6) is 34.5 Å². The van der Waals surface area contributed by atoms with Gasteiger partial charge in [0.25, 0.3) is 0 Å². The predicted octanol–water partition coefficient (Wildman–Crippen LogP) is -0.930. The number of benzene rings is 2. The van der Waals surface area contributed by atoms with Gasteiger partial charge in [-0.2, -0.15) is 0 Å². The lowest BCUT2D eigenvalue weighted by molar-refractivity contribution is -0.277. The quantitative estimate of drug-likeness (QED) is 0.146. The summed E-state index contributed by atoms with van der Waals surface area (Å²) in [5.74, 6) is -5.49. The number of rotatable bonds is 6. The van der Waals surface area contributed by atoms with Crippen molar-refractivity contribution in [1.29, 1.82) is 0 Å².